The number of carbonyl (C=O) groups is 1. The Bertz CT molecular complexity index is 574. The second-order valence-corrected chi connectivity index (χ2v) is 7.87. The van der Waals surface area contributed by atoms with Crippen molar-refractivity contribution in [3.8, 4) is 0 Å². The van der Waals surface area contributed by atoms with E-state index in [1.165, 1.54) is 0 Å². The molecule has 0 bridgehead atoms. The summed E-state index contributed by atoms with van der Waals surface area (Å²) in [5, 5.41) is 4.27. The van der Waals surface area contributed by atoms with Crippen LogP contribution in [0.1, 0.15) is 52.3 Å². The average molecular weight is 307 g/mol. The van der Waals surface area contributed by atoms with E-state index < -0.39 is 0 Å². The first-order valence-electron chi connectivity index (χ1n) is 7.60. The zero-order valence-corrected chi connectivity index (χ0v) is 13.9. The van der Waals surface area contributed by atoms with E-state index in [-0.39, 0.29) is 29.1 Å². The van der Waals surface area contributed by atoms with Crippen LogP contribution in [-0.2, 0) is 4.79 Å². The number of nitrogens with zero attached hydrogens (tertiary/aromatic N) is 1. The van der Waals surface area contributed by atoms with Gasteiger partial charge < -0.3 is 4.90 Å². The average Bonchev–Trinajstić information content (AvgIpc) is 3.11. The van der Waals surface area contributed by atoms with Gasteiger partial charge in [-0.3, -0.25) is 10.1 Å². The highest BCUT2D eigenvalue weighted by Crippen LogP contribution is 2.48. The first kappa shape index (κ1) is 14.9. The van der Waals surface area contributed by atoms with Crippen LogP contribution in [0, 0.1) is 5.41 Å². The fourth-order valence-corrected chi connectivity index (χ4v) is 3.18. The minimum atomic E-state index is -0.313. The normalized spacial score (nSPS) is 25.5. The van der Waals surface area contributed by atoms with Gasteiger partial charge in [-0.05, 0) is 42.9 Å². The van der Waals surface area contributed by atoms with Crippen LogP contribution in [-0.4, -0.2) is 22.4 Å². The maximum absolute atomic E-state index is 12.9. The van der Waals surface area contributed by atoms with Crippen molar-refractivity contribution in [2.75, 3.05) is 0 Å². The third-order valence-electron chi connectivity index (χ3n) is 4.92. The molecule has 1 saturated heterocycles. The van der Waals surface area contributed by atoms with Crippen molar-refractivity contribution in [3.05, 3.63) is 34.9 Å². The van der Waals surface area contributed by atoms with Gasteiger partial charge >= 0.3 is 0 Å². The molecule has 2 aliphatic rings. The minimum absolute atomic E-state index is 0.0363. The Kier molecular flexibility index (Phi) is 3.34. The fraction of sp³-hybridized carbons (Fsp3) is 0.588. The van der Waals surface area contributed by atoms with E-state index >= 15 is 0 Å². The van der Waals surface area contributed by atoms with Gasteiger partial charge in [0.25, 0.3) is 0 Å². The Morgan fingerprint density at radius 1 is 1.38 bits per heavy atom. The van der Waals surface area contributed by atoms with Gasteiger partial charge in [-0.25, -0.2) is 0 Å². The first-order valence-corrected chi connectivity index (χ1v) is 7.98. The highest BCUT2D eigenvalue weighted by atomic mass is 35.5. The Morgan fingerprint density at radius 2 is 2.05 bits per heavy atom. The number of nitrogens with one attached hydrogen (secondary N) is 1. The van der Waals surface area contributed by atoms with Crippen molar-refractivity contribution in [2.45, 2.75) is 58.3 Å². The number of hydrogen-bond acceptors (Lipinski definition) is 2. The third-order valence-corrected chi connectivity index (χ3v) is 5.16. The summed E-state index contributed by atoms with van der Waals surface area (Å²) in [6, 6.07) is 7.96. The summed E-state index contributed by atoms with van der Waals surface area (Å²) in [5.74, 6) is 0.245. The van der Waals surface area contributed by atoms with Crippen LogP contribution in [0.15, 0.2) is 24.3 Å². The van der Waals surface area contributed by atoms with Gasteiger partial charge in [-0.15, -0.1) is 0 Å². The monoisotopic (exact) mass is 306 g/mol. The predicted molar refractivity (Wildman–Crippen MR) is 85.1 cm³/mol. The molecule has 1 saturated carbocycles. The smallest absolute Gasteiger partial charge is 0.244 e. The summed E-state index contributed by atoms with van der Waals surface area (Å²) in [6.45, 7) is 8.67. The molecule has 1 amide bonds. The highest BCUT2D eigenvalue weighted by molar-refractivity contribution is 6.30. The molecule has 1 aliphatic heterocycles. The molecular formula is C17H23ClN2O. The van der Waals surface area contributed by atoms with Crippen LogP contribution < -0.4 is 5.32 Å². The summed E-state index contributed by atoms with van der Waals surface area (Å²) in [4.78, 5) is 14.9. The Hall–Kier alpha value is -1.06. The van der Waals surface area contributed by atoms with E-state index in [1.807, 2.05) is 29.2 Å². The summed E-state index contributed by atoms with van der Waals surface area (Å²) >= 11 is 6.13. The molecule has 2 fully saturated rings. The molecule has 1 aromatic carbocycles. The minimum Gasteiger partial charge on any atom is -0.318 e. The molecule has 3 nitrogen and oxygen atoms in total. The van der Waals surface area contributed by atoms with Crippen molar-refractivity contribution in [1.82, 2.24) is 10.2 Å². The van der Waals surface area contributed by atoms with Gasteiger partial charge in [0.1, 0.15) is 11.7 Å². The van der Waals surface area contributed by atoms with Crippen molar-refractivity contribution in [1.29, 1.82) is 0 Å². The number of carbonyl (C=O) groups excluding carboxylic acids is 1. The number of halogens is 1. The molecule has 1 heterocycles. The highest BCUT2D eigenvalue weighted by Gasteiger charge is 2.60. The second-order valence-electron chi connectivity index (χ2n) is 7.44. The lowest BCUT2D eigenvalue weighted by Gasteiger charge is -2.38. The van der Waals surface area contributed by atoms with Crippen LogP contribution in [0.5, 0.6) is 0 Å². The van der Waals surface area contributed by atoms with Crippen LogP contribution in [0.4, 0.5) is 0 Å². The summed E-state index contributed by atoms with van der Waals surface area (Å²) in [5.41, 5.74) is 0.789. The fourth-order valence-electron chi connectivity index (χ4n) is 2.98. The quantitative estimate of drug-likeness (QED) is 0.903. The van der Waals surface area contributed by atoms with Crippen LogP contribution in [0.25, 0.3) is 0 Å². The summed E-state index contributed by atoms with van der Waals surface area (Å²) in [7, 11) is 0. The Morgan fingerprint density at radius 3 is 2.57 bits per heavy atom. The van der Waals surface area contributed by atoms with E-state index in [9.17, 15) is 4.79 Å². The molecule has 0 radical (unpaired) electrons. The maximum Gasteiger partial charge on any atom is 0.244 e. The zero-order chi connectivity index (χ0) is 15.4. The third kappa shape index (κ3) is 2.47. The largest absolute Gasteiger partial charge is 0.318 e. The SMILES string of the molecule is CC(N1C(=O)C2(CC2)NC1c1cccc(Cl)c1)C(C)(C)C. The molecule has 2 unspecified atom stereocenters. The lowest BCUT2D eigenvalue weighted by Crippen LogP contribution is -2.45. The molecular weight excluding hydrogens is 284 g/mol. The molecule has 1 aromatic rings. The van der Waals surface area contributed by atoms with Gasteiger partial charge in [0, 0.05) is 11.1 Å². The lowest BCUT2D eigenvalue weighted by atomic mass is 9.86. The molecule has 3 rings (SSSR count). The molecule has 114 valence electrons. The number of amides is 1. The van der Waals surface area contributed by atoms with Gasteiger partial charge in [0.2, 0.25) is 5.91 Å². The van der Waals surface area contributed by atoms with E-state index in [0.29, 0.717) is 5.02 Å². The Balaban J connectivity index is 1.99. The molecule has 1 spiro atoms. The summed E-state index contributed by atoms with van der Waals surface area (Å²) in [6.07, 6.45) is 1.81. The topological polar surface area (TPSA) is 32.3 Å². The van der Waals surface area contributed by atoms with E-state index in [0.717, 1.165) is 18.4 Å². The molecule has 1 N–H and O–H groups in total. The van der Waals surface area contributed by atoms with E-state index in [1.54, 1.807) is 0 Å². The molecule has 4 heteroatoms. The van der Waals surface area contributed by atoms with Crippen LogP contribution in [0.2, 0.25) is 5.02 Å². The first-order chi connectivity index (χ1) is 9.74. The number of hydrogen-bond donors (Lipinski definition) is 1. The second kappa shape index (κ2) is 4.72. The van der Waals surface area contributed by atoms with Gasteiger partial charge in [-0.2, -0.15) is 0 Å². The Labute approximate surface area is 131 Å². The van der Waals surface area contributed by atoms with Crippen molar-refractivity contribution >= 4 is 17.5 Å². The molecule has 2 atom stereocenters. The molecule has 1 aliphatic carbocycles. The van der Waals surface area contributed by atoms with Crippen LogP contribution in [0.3, 0.4) is 0 Å². The van der Waals surface area contributed by atoms with Gasteiger partial charge in [0.15, 0.2) is 0 Å². The lowest BCUT2D eigenvalue weighted by molar-refractivity contribution is -0.135. The van der Waals surface area contributed by atoms with Crippen molar-refractivity contribution in [2.24, 2.45) is 5.41 Å². The van der Waals surface area contributed by atoms with Crippen molar-refractivity contribution in [3.63, 3.8) is 0 Å². The van der Waals surface area contributed by atoms with Gasteiger partial charge in [0.05, 0.1) is 0 Å². The summed E-state index contributed by atoms with van der Waals surface area (Å²) < 4.78 is 0. The van der Waals surface area contributed by atoms with E-state index in [4.69, 9.17) is 11.6 Å². The molecule has 21 heavy (non-hydrogen) atoms. The van der Waals surface area contributed by atoms with Crippen molar-refractivity contribution < 1.29 is 4.79 Å². The number of benzene rings is 1. The predicted octanol–water partition coefficient (Wildman–Crippen LogP) is 3.74. The maximum atomic E-state index is 12.9. The van der Waals surface area contributed by atoms with Crippen LogP contribution >= 0.6 is 11.6 Å². The standard InChI is InChI=1S/C17H23ClN2O/c1-11(16(2,3)4)20-14(12-6-5-7-13(18)10-12)19-17(8-9-17)15(20)21/h5-7,10-11,14,19H,8-9H2,1-4H3. The van der Waals surface area contributed by atoms with Gasteiger partial charge in [-0.1, -0.05) is 44.5 Å². The van der Waals surface area contributed by atoms with E-state index in [2.05, 4.69) is 33.0 Å². The zero-order valence-electron chi connectivity index (χ0n) is 13.1. The molecule has 0 aromatic heterocycles. The number of rotatable bonds is 2.